The van der Waals surface area contributed by atoms with E-state index in [1.807, 2.05) is 18.7 Å². The lowest BCUT2D eigenvalue weighted by Gasteiger charge is -2.35. The number of hydrogen-bond donors (Lipinski definition) is 1. The van der Waals surface area contributed by atoms with E-state index in [1.165, 1.54) is 12.1 Å². The van der Waals surface area contributed by atoms with Crippen molar-refractivity contribution in [1.82, 2.24) is 15.1 Å². The van der Waals surface area contributed by atoms with Crippen LogP contribution in [-0.2, 0) is 0 Å². The Morgan fingerprint density at radius 1 is 1.14 bits per heavy atom. The average Bonchev–Trinajstić information content (AvgIpc) is 2.87. The first-order valence-electron chi connectivity index (χ1n) is 7.37. The molecule has 2 heterocycles. The third-order valence-electron chi connectivity index (χ3n) is 4.21. The molecule has 1 fully saturated rings. The minimum Gasteiger partial charge on any atom is -0.368 e. The average molecular weight is 302 g/mol. The van der Waals surface area contributed by atoms with E-state index < -0.39 is 0 Å². The molecular weight excluding hydrogens is 283 g/mol. The Bertz CT molecular complexity index is 672. The minimum absolute atomic E-state index is 0.0272. The molecule has 0 atom stereocenters. The van der Waals surface area contributed by atoms with Crippen molar-refractivity contribution in [3.8, 4) is 0 Å². The molecule has 6 heteroatoms. The van der Waals surface area contributed by atoms with Crippen LogP contribution in [0, 0.1) is 19.7 Å². The first-order valence-corrected chi connectivity index (χ1v) is 7.37. The second-order valence-electron chi connectivity index (χ2n) is 5.58. The maximum absolute atomic E-state index is 13.0. The number of aryl methyl sites for hydroxylation is 1. The van der Waals surface area contributed by atoms with Crippen molar-refractivity contribution in [2.24, 2.45) is 0 Å². The normalized spacial score (nSPS) is 15.2. The molecule has 2 aromatic rings. The van der Waals surface area contributed by atoms with Gasteiger partial charge in [0.25, 0.3) is 5.91 Å². The molecule has 1 aromatic heterocycles. The molecule has 1 N–H and O–H groups in total. The monoisotopic (exact) mass is 302 g/mol. The van der Waals surface area contributed by atoms with Gasteiger partial charge in [0.05, 0.1) is 0 Å². The van der Waals surface area contributed by atoms with Gasteiger partial charge in [0.1, 0.15) is 5.82 Å². The van der Waals surface area contributed by atoms with Crippen molar-refractivity contribution in [1.29, 1.82) is 0 Å². The molecule has 5 nitrogen and oxygen atoms in total. The molecule has 0 unspecified atom stereocenters. The molecule has 1 aromatic carbocycles. The number of hydrogen-bond acceptors (Lipinski definition) is 3. The fourth-order valence-electron chi connectivity index (χ4n) is 2.66. The summed E-state index contributed by atoms with van der Waals surface area (Å²) in [5.74, 6) is -0.262. The number of carbonyl (C=O) groups excluding carboxylic acids is 1. The summed E-state index contributed by atoms with van der Waals surface area (Å²) in [4.78, 5) is 16.5. The second-order valence-corrected chi connectivity index (χ2v) is 5.58. The van der Waals surface area contributed by atoms with Crippen LogP contribution in [-0.4, -0.2) is 47.2 Å². The van der Waals surface area contributed by atoms with Crippen LogP contribution in [0.15, 0.2) is 24.3 Å². The number of aromatic nitrogens is 2. The quantitative estimate of drug-likeness (QED) is 0.924. The van der Waals surface area contributed by atoms with Gasteiger partial charge in [-0.1, -0.05) is 0 Å². The van der Waals surface area contributed by atoms with Crippen LogP contribution in [0.1, 0.15) is 21.7 Å². The summed E-state index contributed by atoms with van der Waals surface area (Å²) in [6.45, 7) is 6.56. The summed E-state index contributed by atoms with van der Waals surface area (Å²) in [7, 11) is 0. The molecule has 0 radical (unpaired) electrons. The molecule has 22 heavy (non-hydrogen) atoms. The number of aromatic amines is 1. The predicted molar refractivity (Wildman–Crippen MR) is 82.6 cm³/mol. The summed E-state index contributed by atoms with van der Waals surface area (Å²) in [5.41, 5.74) is 3.33. The zero-order valence-electron chi connectivity index (χ0n) is 12.8. The molecule has 0 bridgehead atoms. The SMILES string of the molecule is Cc1[nH]nc(C(=O)N2CCN(c3ccc(F)cc3)CC2)c1C. The van der Waals surface area contributed by atoms with Gasteiger partial charge in [-0.2, -0.15) is 5.10 Å². The number of rotatable bonds is 2. The number of nitrogens with zero attached hydrogens (tertiary/aromatic N) is 3. The zero-order valence-corrected chi connectivity index (χ0v) is 12.8. The van der Waals surface area contributed by atoms with Gasteiger partial charge in [0, 0.05) is 43.1 Å². The molecule has 1 amide bonds. The highest BCUT2D eigenvalue weighted by atomic mass is 19.1. The van der Waals surface area contributed by atoms with Gasteiger partial charge in [0.2, 0.25) is 0 Å². The maximum Gasteiger partial charge on any atom is 0.274 e. The van der Waals surface area contributed by atoms with E-state index in [-0.39, 0.29) is 11.7 Å². The standard InChI is InChI=1S/C16H19FN4O/c1-11-12(2)18-19-15(11)16(22)21-9-7-20(8-10-21)14-5-3-13(17)4-6-14/h3-6H,7-10H2,1-2H3,(H,18,19). The number of H-pyrrole nitrogens is 1. The number of nitrogens with one attached hydrogen (secondary N) is 1. The van der Waals surface area contributed by atoms with E-state index >= 15 is 0 Å². The van der Waals surface area contributed by atoms with Crippen LogP contribution in [0.25, 0.3) is 0 Å². The Labute approximate surface area is 128 Å². The Kier molecular flexibility index (Phi) is 3.83. The fraction of sp³-hybridized carbons (Fsp3) is 0.375. The zero-order chi connectivity index (χ0) is 15.7. The lowest BCUT2D eigenvalue weighted by molar-refractivity contribution is 0.0740. The van der Waals surface area contributed by atoms with Gasteiger partial charge in [-0.3, -0.25) is 9.89 Å². The lowest BCUT2D eigenvalue weighted by atomic mass is 10.2. The van der Waals surface area contributed by atoms with E-state index in [1.54, 1.807) is 12.1 Å². The molecule has 0 saturated carbocycles. The second kappa shape index (κ2) is 5.79. The fourth-order valence-corrected chi connectivity index (χ4v) is 2.66. The highest BCUT2D eigenvalue weighted by Crippen LogP contribution is 2.18. The third kappa shape index (κ3) is 2.68. The van der Waals surface area contributed by atoms with E-state index in [0.717, 1.165) is 30.0 Å². The van der Waals surface area contributed by atoms with Gasteiger partial charge < -0.3 is 9.80 Å². The summed E-state index contributed by atoms with van der Waals surface area (Å²) >= 11 is 0. The molecule has 116 valence electrons. The first kappa shape index (κ1) is 14.6. The third-order valence-corrected chi connectivity index (χ3v) is 4.21. The number of amides is 1. The van der Waals surface area contributed by atoms with Crippen molar-refractivity contribution >= 4 is 11.6 Å². The maximum atomic E-state index is 13.0. The van der Waals surface area contributed by atoms with Crippen molar-refractivity contribution in [3.05, 3.63) is 47.0 Å². The van der Waals surface area contributed by atoms with Gasteiger partial charge in [-0.05, 0) is 38.1 Å². The summed E-state index contributed by atoms with van der Waals surface area (Å²) < 4.78 is 13.0. The highest BCUT2D eigenvalue weighted by molar-refractivity contribution is 5.94. The number of carbonyl (C=O) groups is 1. The van der Waals surface area contributed by atoms with Crippen LogP contribution in [0.3, 0.4) is 0 Å². The van der Waals surface area contributed by atoms with Gasteiger partial charge >= 0.3 is 0 Å². The van der Waals surface area contributed by atoms with Crippen molar-refractivity contribution in [2.75, 3.05) is 31.1 Å². The van der Waals surface area contributed by atoms with E-state index in [2.05, 4.69) is 15.1 Å². The van der Waals surface area contributed by atoms with E-state index in [4.69, 9.17) is 0 Å². The summed E-state index contributed by atoms with van der Waals surface area (Å²) in [5, 5.41) is 6.96. The largest absolute Gasteiger partial charge is 0.368 e. The molecule has 1 aliphatic heterocycles. The number of piperazine rings is 1. The van der Waals surface area contributed by atoms with Crippen molar-refractivity contribution in [3.63, 3.8) is 0 Å². The van der Waals surface area contributed by atoms with E-state index in [9.17, 15) is 9.18 Å². The highest BCUT2D eigenvalue weighted by Gasteiger charge is 2.25. The smallest absolute Gasteiger partial charge is 0.274 e. The van der Waals surface area contributed by atoms with Gasteiger partial charge in [0.15, 0.2) is 5.69 Å². The predicted octanol–water partition coefficient (Wildman–Crippen LogP) is 2.13. The van der Waals surface area contributed by atoms with Crippen LogP contribution in [0.4, 0.5) is 10.1 Å². The minimum atomic E-state index is -0.234. The summed E-state index contributed by atoms with van der Waals surface area (Å²) in [6.07, 6.45) is 0. The first-order chi connectivity index (χ1) is 10.6. The number of benzene rings is 1. The van der Waals surface area contributed by atoms with Crippen LogP contribution >= 0.6 is 0 Å². The Morgan fingerprint density at radius 3 is 2.32 bits per heavy atom. The lowest BCUT2D eigenvalue weighted by Crippen LogP contribution is -2.49. The topological polar surface area (TPSA) is 52.2 Å². The van der Waals surface area contributed by atoms with Crippen molar-refractivity contribution < 1.29 is 9.18 Å². The van der Waals surface area contributed by atoms with Gasteiger partial charge in [-0.15, -0.1) is 0 Å². The van der Waals surface area contributed by atoms with Crippen LogP contribution < -0.4 is 4.90 Å². The van der Waals surface area contributed by atoms with Crippen LogP contribution in [0.5, 0.6) is 0 Å². The van der Waals surface area contributed by atoms with E-state index in [0.29, 0.717) is 18.8 Å². The number of anilines is 1. The Hall–Kier alpha value is -2.37. The number of halogens is 1. The van der Waals surface area contributed by atoms with Crippen LogP contribution in [0.2, 0.25) is 0 Å². The van der Waals surface area contributed by atoms with Crippen molar-refractivity contribution in [2.45, 2.75) is 13.8 Å². The molecule has 1 aliphatic rings. The molecular formula is C16H19FN4O. The Morgan fingerprint density at radius 2 is 1.77 bits per heavy atom. The Balaban J connectivity index is 1.65. The molecule has 0 aliphatic carbocycles. The summed E-state index contributed by atoms with van der Waals surface area (Å²) in [6, 6.07) is 6.47. The van der Waals surface area contributed by atoms with Gasteiger partial charge in [-0.25, -0.2) is 4.39 Å². The molecule has 1 saturated heterocycles. The molecule has 0 spiro atoms. The molecule has 3 rings (SSSR count).